The van der Waals surface area contributed by atoms with E-state index in [0.29, 0.717) is 16.9 Å². The molecule has 108 valence electrons. The number of hydrogen-bond donors (Lipinski definition) is 1. The average Bonchev–Trinajstić information content (AvgIpc) is 2.12. The minimum absolute atomic E-state index is 0.169. The second-order valence-corrected chi connectivity index (χ2v) is 9.02. The molecule has 1 heterocycles. The second-order valence-electron chi connectivity index (χ2n) is 9.02. The molecule has 0 aromatic carbocycles. The van der Waals surface area contributed by atoms with E-state index < -0.39 is 0 Å². The van der Waals surface area contributed by atoms with Crippen molar-refractivity contribution >= 4 is 0 Å². The van der Waals surface area contributed by atoms with E-state index in [2.05, 4.69) is 72.7 Å². The predicted octanol–water partition coefficient (Wildman–Crippen LogP) is 4.07. The summed E-state index contributed by atoms with van der Waals surface area (Å²) in [6.45, 7) is 22.3. The maximum absolute atomic E-state index is 3.65. The van der Waals surface area contributed by atoms with Crippen LogP contribution in [0.2, 0.25) is 0 Å². The highest BCUT2D eigenvalue weighted by Crippen LogP contribution is 2.44. The first-order valence-corrected chi connectivity index (χ1v) is 7.38. The molecule has 0 aliphatic carbocycles. The fraction of sp³-hybridized carbons (Fsp3) is 1.00. The number of nitrogens with zero attached hydrogens (tertiary/aromatic N) is 1. The van der Waals surface area contributed by atoms with E-state index in [1.165, 1.54) is 6.42 Å². The summed E-state index contributed by atoms with van der Waals surface area (Å²) in [5.41, 5.74) is 4.47. The molecule has 1 rings (SSSR count). The summed E-state index contributed by atoms with van der Waals surface area (Å²) < 4.78 is 0. The Morgan fingerprint density at radius 2 is 1.33 bits per heavy atom. The van der Waals surface area contributed by atoms with Crippen molar-refractivity contribution in [3.8, 4) is 0 Å². The van der Waals surface area contributed by atoms with Crippen molar-refractivity contribution in [2.24, 2.45) is 16.7 Å². The zero-order valence-corrected chi connectivity index (χ0v) is 14.0. The van der Waals surface area contributed by atoms with E-state index in [4.69, 9.17) is 0 Å². The number of hydrazine groups is 1. The molecule has 1 N–H and O–H groups in total. The lowest BCUT2D eigenvalue weighted by Gasteiger charge is -2.56. The molecule has 0 saturated carbocycles. The summed E-state index contributed by atoms with van der Waals surface area (Å²) in [7, 11) is 0. The third-order valence-electron chi connectivity index (χ3n) is 4.12. The lowest BCUT2D eigenvalue weighted by atomic mass is 9.65. The van der Waals surface area contributed by atoms with Crippen molar-refractivity contribution < 1.29 is 0 Å². The highest BCUT2D eigenvalue weighted by Gasteiger charge is 2.47. The average molecular weight is 254 g/mol. The van der Waals surface area contributed by atoms with Crippen LogP contribution in [0.1, 0.15) is 68.7 Å². The lowest BCUT2D eigenvalue weighted by molar-refractivity contribution is -0.104. The molecule has 0 spiro atoms. The van der Waals surface area contributed by atoms with Gasteiger partial charge in [0, 0.05) is 18.1 Å². The van der Waals surface area contributed by atoms with E-state index in [1.54, 1.807) is 0 Å². The monoisotopic (exact) mass is 254 g/mol. The van der Waals surface area contributed by atoms with Crippen LogP contribution >= 0.6 is 0 Å². The number of nitrogens with one attached hydrogen (secondary N) is 1. The SMILES string of the molecule is CC(C)(C)C1CCNN(C(C)(C)C)C1C(C)(C)C. The Balaban J connectivity index is 3.14. The largest absolute Gasteiger partial charge is 0.254 e. The smallest absolute Gasteiger partial charge is 0.0331 e. The van der Waals surface area contributed by atoms with Crippen LogP contribution in [0.5, 0.6) is 0 Å². The van der Waals surface area contributed by atoms with Gasteiger partial charge in [-0.05, 0) is 43.9 Å². The molecule has 1 aliphatic heterocycles. The predicted molar refractivity (Wildman–Crippen MR) is 80.4 cm³/mol. The van der Waals surface area contributed by atoms with Crippen LogP contribution in [0.4, 0.5) is 0 Å². The van der Waals surface area contributed by atoms with Gasteiger partial charge in [0.25, 0.3) is 0 Å². The van der Waals surface area contributed by atoms with Crippen LogP contribution in [0.15, 0.2) is 0 Å². The van der Waals surface area contributed by atoms with Gasteiger partial charge in [0.15, 0.2) is 0 Å². The molecule has 2 heteroatoms. The summed E-state index contributed by atoms with van der Waals surface area (Å²) in [6, 6.07) is 0.575. The summed E-state index contributed by atoms with van der Waals surface area (Å²) in [5.74, 6) is 0.734. The zero-order chi connectivity index (χ0) is 14.4. The third kappa shape index (κ3) is 3.48. The van der Waals surface area contributed by atoms with Crippen LogP contribution in [-0.2, 0) is 0 Å². The Morgan fingerprint density at radius 1 is 0.833 bits per heavy atom. The van der Waals surface area contributed by atoms with Gasteiger partial charge in [-0.1, -0.05) is 41.5 Å². The van der Waals surface area contributed by atoms with Crippen LogP contribution in [0.3, 0.4) is 0 Å². The molecular formula is C16H34N2. The molecule has 0 amide bonds. The molecule has 2 atom stereocenters. The van der Waals surface area contributed by atoms with Gasteiger partial charge in [0.05, 0.1) is 0 Å². The number of hydrogen-bond acceptors (Lipinski definition) is 2. The van der Waals surface area contributed by atoms with Gasteiger partial charge < -0.3 is 0 Å². The van der Waals surface area contributed by atoms with Gasteiger partial charge in [-0.2, -0.15) is 0 Å². The summed E-state index contributed by atoms with van der Waals surface area (Å²) in [4.78, 5) is 0. The van der Waals surface area contributed by atoms with Gasteiger partial charge in [0.2, 0.25) is 0 Å². The number of rotatable bonds is 0. The van der Waals surface area contributed by atoms with E-state index >= 15 is 0 Å². The zero-order valence-electron chi connectivity index (χ0n) is 14.0. The Labute approximate surface area is 114 Å². The topological polar surface area (TPSA) is 15.3 Å². The molecule has 0 radical (unpaired) electrons. The first-order chi connectivity index (χ1) is 7.85. The summed E-state index contributed by atoms with van der Waals surface area (Å²) in [6.07, 6.45) is 1.28. The van der Waals surface area contributed by atoms with Crippen LogP contribution in [0, 0.1) is 16.7 Å². The van der Waals surface area contributed by atoms with E-state index in [-0.39, 0.29) is 5.54 Å². The summed E-state index contributed by atoms with van der Waals surface area (Å²) in [5, 5.41) is 2.52. The van der Waals surface area contributed by atoms with Gasteiger partial charge in [0.1, 0.15) is 0 Å². The Morgan fingerprint density at radius 3 is 1.67 bits per heavy atom. The molecule has 0 aromatic rings. The Hall–Kier alpha value is -0.0800. The minimum atomic E-state index is 0.169. The fourth-order valence-corrected chi connectivity index (χ4v) is 3.33. The molecule has 1 saturated heterocycles. The Bertz CT molecular complexity index is 253. The highest BCUT2D eigenvalue weighted by molar-refractivity contribution is 4.98. The van der Waals surface area contributed by atoms with Crippen molar-refractivity contribution in [1.82, 2.24) is 10.4 Å². The molecule has 0 bridgehead atoms. The van der Waals surface area contributed by atoms with Crippen LogP contribution in [0.25, 0.3) is 0 Å². The van der Waals surface area contributed by atoms with E-state index in [1.807, 2.05) is 0 Å². The summed E-state index contributed by atoms with van der Waals surface area (Å²) >= 11 is 0. The normalized spacial score (nSPS) is 28.5. The maximum Gasteiger partial charge on any atom is 0.0331 e. The molecule has 2 unspecified atom stereocenters. The van der Waals surface area contributed by atoms with Crippen molar-refractivity contribution in [1.29, 1.82) is 0 Å². The Kier molecular flexibility index (Phi) is 4.25. The van der Waals surface area contributed by atoms with Crippen molar-refractivity contribution in [3.63, 3.8) is 0 Å². The molecule has 2 nitrogen and oxygen atoms in total. The second kappa shape index (κ2) is 4.79. The fourth-order valence-electron chi connectivity index (χ4n) is 3.33. The van der Waals surface area contributed by atoms with Crippen molar-refractivity contribution in [2.45, 2.75) is 80.3 Å². The van der Waals surface area contributed by atoms with Crippen molar-refractivity contribution in [2.75, 3.05) is 6.54 Å². The van der Waals surface area contributed by atoms with Gasteiger partial charge in [-0.15, -0.1) is 0 Å². The van der Waals surface area contributed by atoms with E-state index in [9.17, 15) is 0 Å². The van der Waals surface area contributed by atoms with Gasteiger partial charge in [-0.3, -0.25) is 5.43 Å². The molecular weight excluding hydrogens is 220 g/mol. The van der Waals surface area contributed by atoms with Gasteiger partial charge in [-0.25, -0.2) is 5.01 Å². The molecule has 18 heavy (non-hydrogen) atoms. The first kappa shape index (κ1) is 16.0. The molecule has 1 aliphatic rings. The van der Waals surface area contributed by atoms with Crippen LogP contribution < -0.4 is 5.43 Å². The standard InChI is InChI=1S/C16H34N2/c1-14(2,3)12-10-11-17-18(16(7,8)9)13(12)15(4,5)6/h12-13,17H,10-11H2,1-9H3. The van der Waals surface area contributed by atoms with Crippen molar-refractivity contribution in [3.05, 3.63) is 0 Å². The lowest BCUT2D eigenvalue weighted by Crippen LogP contribution is -2.66. The van der Waals surface area contributed by atoms with E-state index in [0.717, 1.165) is 12.5 Å². The highest BCUT2D eigenvalue weighted by atomic mass is 15.6. The third-order valence-corrected chi connectivity index (χ3v) is 4.12. The molecule has 1 fully saturated rings. The quantitative estimate of drug-likeness (QED) is 0.701. The van der Waals surface area contributed by atoms with Crippen LogP contribution in [-0.4, -0.2) is 23.1 Å². The minimum Gasteiger partial charge on any atom is -0.254 e. The first-order valence-electron chi connectivity index (χ1n) is 7.38. The van der Waals surface area contributed by atoms with Gasteiger partial charge >= 0.3 is 0 Å². The molecule has 0 aromatic heterocycles. The maximum atomic E-state index is 3.65.